The third kappa shape index (κ3) is 4.84. The minimum atomic E-state index is -0.379. The van der Waals surface area contributed by atoms with Crippen LogP contribution in [0.2, 0.25) is 0 Å². The molecule has 0 radical (unpaired) electrons. The molecule has 1 amide bonds. The number of quaternary nitrogens is 1. The first kappa shape index (κ1) is 14.6. The molecule has 0 fully saturated rings. The van der Waals surface area contributed by atoms with Crippen molar-refractivity contribution in [1.29, 1.82) is 0 Å². The Morgan fingerprint density at radius 1 is 1.33 bits per heavy atom. The van der Waals surface area contributed by atoms with Crippen LogP contribution in [0.3, 0.4) is 0 Å². The highest BCUT2D eigenvalue weighted by Gasteiger charge is 2.06. The monoisotopic (exact) mass is 253 g/mol. The van der Waals surface area contributed by atoms with E-state index in [1.807, 2.05) is 0 Å². The smallest absolute Gasteiger partial charge is 0.251 e. The minimum Gasteiger partial charge on any atom is -0.352 e. The minimum absolute atomic E-state index is 0.205. The largest absolute Gasteiger partial charge is 0.352 e. The van der Waals surface area contributed by atoms with E-state index in [1.165, 1.54) is 17.0 Å². The first-order valence-electron chi connectivity index (χ1n) is 6.54. The molecule has 0 heterocycles. The van der Waals surface area contributed by atoms with Gasteiger partial charge in [0.15, 0.2) is 0 Å². The lowest BCUT2D eigenvalue weighted by Crippen LogP contribution is -3.11. The van der Waals surface area contributed by atoms with Gasteiger partial charge in [0.05, 0.1) is 19.6 Å². The topological polar surface area (TPSA) is 33.5 Å². The van der Waals surface area contributed by atoms with Gasteiger partial charge in [-0.3, -0.25) is 4.79 Å². The Balaban J connectivity index is 2.29. The van der Waals surface area contributed by atoms with Gasteiger partial charge in [-0.1, -0.05) is 6.07 Å². The number of hydrogen-bond donors (Lipinski definition) is 2. The molecular formula is C14H22FN2O+. The molecule has 0 bridgehead atoms. The van der Waals surface area contributed by atoms with Crippen molar-refractivity contribution < 1.29 is 14.1 Å². The molecular weight excluding hydrogens is 231 g/mol. The lowest BCUT2D eigenvalue weighted by Gasteiger charge is -2.15. The molecule has 0 aliphatic rings. The highest BCUT2D eigenvalue weighted by atomic mass is 19.1. The van der Waals surface area contributed by atoms with Crippen molar-refractivity contribution in [3.8, 4) is 0 Å². The molecule has 0 saturated heterocycles. The third-order valence-corrected chi connectivity index (χ3v) is 3.08. The maximum atomic E-state index is 12.9. The van der Waals surface area contributed by atoms with E-state index in [4.69, 9.17) is 0 Å². The van der Waals surface area contributed by atoms with E-state index < -0.39 is 0 Å². The summed E-state index contributed by atoms with van der Waals surface area (Å²) in [6.07, 6.45) is 0.943. The number of hydrogen-bond acceptors (Lipinski definition) is 1. The van der Waals surface area contributed by atoms with Crippen LogP contribution in [0.1, 0.15) is 30.6 Å². The van der Waals surface area contributed by atoms with E-state index in [9.17, 15) is 9.18 Å². The second kappa shape index (κ2) is 7.82. The highest BCUT2D eigenvalue weighted by molar-refractivity contribution is 5.94. The maximum Gasteiger partial charge on any atom is 0.251 e. The zero-order valence-corrected chi connectivity index (χ0v) is 11.1. The van der Waals surface area contributed by atoms with Crippen molar-refractivity contribution in [3.63, 3.8) is 0 Å². The van der Waals surface area contributed by atoms with E-state index in [1.54, 1.807) is 12.1 Å². The molecule has 2 N–H and O–H groups in total. The van der Waals surface area contributed by atoms with Gasteiger partial charge < -0.3 is 10.2 Å². The fourth-order valence-electron chi connectivity index (χ4n) is 1.88. The fourth-order valence-corrected chi connectivity index (χ4v) is 1.88. The number of amides is 1. The van der Waals surface area contributed by atoms with Crippen LogP contribution in [0.4, 0.5) is 4.39 Å². The van der Waals surface area contributed by atoms with Crippen LogP contribution in [0.5, 0.6) is 0 Å². The second-order valence-corrected chi connectivity index (χ2v) is 4.33. The third-order valence-electron chi connectivity index (χ3n) is 3.08. The Labute approximate surface area is 108 Å². The van der Waals surface area contributed by atoms with Crippen LogP contribution in [0.15, 0.2) is 24.3 Å². The van der Waals surface area contributed by atoms with Gasteiger partial charge in [-0.05, 0) is 32.0 Å². The normalized spacial score (nSPS) is 10.7. The summed E-state index contributed by atoms with van der Waals surface area (Å²) in [5.41, 5.74) is 0.380. The zero-order chi connectivity index (χ0) is 13.4. The number of benzene rings is 1. The van der Waals surface area contributed by atoms with E-state index >= 15 is 0 Å². The molecule has 100 valence electrons. The lowest BCUT2D eigenvalue weighted by molar-refractivity contribution is -0.896. The molecule has 0 unspecified atom stereocenters. The Kier molecular flexibility index (Phi) is 6.36. The van der Waals surface area contributed by atoms with Gasteiger partial charge in [-0.25, -0.2) is 4.39 Å². The summed E-state index contributed by atoms with van der Waals surface area (Å²) < 4.78 is 12.9. The Hall–Kier alpha value is -1.42. The summed E-state index contributed by atoms with van der Waals surface area (Å²) in [4.78, 5) is 13.2. The predicted octanol–water partition coefficient (Wildman–Crippen LogP) is 0.870. The molecule has 0 atom stereocenters. The molecule has 1 aromatic carbocycles. The second-order valence-electron chi connectivity index (χ2n) is 4.33. The molecule has 3 nitrogen and oxygen atoms in total. The first-order chi connectivity index (χ1) is 8.67. The quantitative estimate of drug-likeness (QED) is 0.695. The predicted molar refractivity (Wildman–Crippen MR) is 70.3 cm³/mol. The van der Waals surface area contributed by atoms with Gasteiger partial charge in [-0.15, -0.1) is 0 Å². The molecule has 18 heavy (non-hydrogen) atoms. The van der Waals surface area contributed by atoms with Crippen molar-refractivity contribution in [3.05, 3.63) is 35.6 Å². The van der Waals surface area contributed by atoms with Crippen LogP contribution in [-0.4, -0.2) is 32.1 Å². The summed E-state index contributed by atoms with van der Waals surface area (Å²) in [5.74, 6) is -0.584. The van der Waals surface area contributed by atoms with Gasteiger partial charge in [0.1, 0.15) is 5.82 Å². The van der Waals surface area contributed by atoms with Crippen molar-refractivity contribution in [2.75, 3.05) is 26.2 Å². The van der Waals surface area contributed by atoms with Crippen LogP contribution in [-0.2, 0) is 0 Å². The Bertz CT molecular complexity index is 378. The molecule has 1 aromatic rings. The van der Waals surface area contributed by atoms with Crippen LogP contribution >= 0.6 is 0 Å². The Morgan fingerprint density at radius 3 is 2.67 bits per heavy atom. The molecule has 0 aliphatic heterocycles. The summed E-state index contributed by atoms with van der Waals surface area (Å²) >= 11 is 0. The highest BCUT2D eigenvalue weighted by Crippen LogP contribution is 2.02. The van der Waals surface area contributed by atoms with Gasteiger partial charge in [0.2, 0.25) is 0 Å². The van der Waals surface area contributed by atoms with Crippen LogP contribution in [0, 0.1) is 5.82 Å². The Morgan fingerprint density at radius 2 is 2.06 bits per heavy atom. The number of nitrogens with one attached hydrogen (secondary N) is 2. The summed E-state index contributed by atoms with van der Waals surface area (Å²) in [6, 6.07) is 5.75. The number of carbonyl (C=O) groups excluding carboxylic acids is 1. The molecule has 0 spiro atoms. The molecule has 0 aliphatic carbocycles. The van der Waals surface area contributed by atoms with Crippen molar-refractivity contribution in [1.82, 2.24) is 5.32 Å². The fraction of sp³-hybridized carbons (Fsp3) is 0.500. The van der Waals surface area contributed by atoms with E-state index in [0.717, 1.165) is 26.1 Å². The summed E-state index contributed by atoms with van der Waals surface area (Å²) in [7, 11) is 0. The van der Waals surface area contributed by atoms with Gasteiger partial charge in [0.25, 0.3) is 5.91 Å². The standard InChI is InChI=1S/C14H21FN2O/c1-3-17(4-2)10-6-9-16-14(18)12-7-5-8-13(15)11-12/h5,7-8,11H,3-4,6,9-10H2,1-2H3,(H,16,18)/p+1. The summed E-state index contributed by atoms with van der Waals surface area (Å²) in [6.45, 7) is 8.21. The number of rotatable bonds is 7. The van der Waals surface area contributed by atoms with E-state index in [0.29, 0.717) is 12.1 Å². The SMILES string of the molecule is CC[NH+](CC)CCCNC(=O)c1cccc(F)c1. The van der Waals surface area contributed by atoms with Gasteiger partial charge in [0, 0.05) is 18.5 Å². The van der Waals surface area contributed by atoms with Crippen molar-refractivity contribution in [2.45, 2.75) is 20.3 Å². The number of halogens is 1. The molecule has 4 heteroatoms. The average molecular weight is 253 g/mol. The molecule has 0 aromatic heterocycles. The van der Waals surface area contributed by atoms with E-state index in [-0.39, 0.29) is 11.7 Å². The molecule has 0 saturated carbocycles. The van der Waals surface area contributed by atoms with E-state index in [2.05, 4.69) is 19.2 Å². The van der Waals surface area contributed by atoms with Crippen molar-refractivity contribution in [2.24, 2.45) is 0 Å². The van der Waals surface area contributed by atoms with Crippen molar-refractivity contribution >= 4 is 5.91 Å². The number of carbonyl (C=O) groups is 1. The molecule has 1 rings (SSSR count). The van der Waals surface area contributed by atoms with Gasteiger partial charge >= 0.3 is 0 Å². The zero-order valence-electron chi connectivity index (χ0n) is 11.1. The maximum absolute atomic E-state index is 12.9. The van der Waals surface area contributed by atoms with Crippen LogP contribution in [0.25, 0.3) is 0 Å². The van der Waals surface area contributed by atoms with Gasteiger partial charge in [-0.2, -0.15) is 0 Å². The first-order valence-corrected chi connectivity index (χ1v) is 6.54. The van der Waals surface area contributed by atoms with Crippen LogP contribution < -0.4 is 10.2 Å². The average Bonchev–Trinajstić information content (AvgIpc) is 2.38. The lowest BCUT2D eigenvalue weighted by atomic mass is 10.2. The summed E-state index contributed by atoms with van der Waals surface area (Å²) in [5, 5.41) is 2.81.